The van der Waals surface area contributed by atoms with Gasteiger partial charge in [0.15, 0.2) is 5.96 Å². The van der Waals surface area contributed by atoms with Crippen LogP contribution in [0, 0.1) is 0 Å². The predicted octanol–water partition coefficient (Wildman–Crippen LogP) is 1.38. The number of aromatic nitrogens is 2. The van der Waals surface area contributed by atoms with Crippen LogP contribution in [-0.2, 0) is 0 Å². The smallest absolute Gasteiger partial charge is 0.225 e. The summed E-state index contributed by atoms with van der Waals surface area (Å²) in [7, 11) is 1.87. The second-order valence-corrected chi connectivity index (χ2v) is 8.16. The number of guanidine groups is 1. The Balaban J connectivity index is 1.21. The fraction of sp³-hybridized carbons (Fsp3) is 0.522. The highest BCUT2D eigenvalue weighted by Crippen LogP contribution is 2.16. The molecule has 0 radical (unpaired) electrons. The van der Waals surface area contributed by atoms with Gasteiger partial charge in [-0.25, -0.2) is 9.97 Å². The second kappa shape index (κ2) is 10.4. The third kappa shape index (κ3) is 5.44. The number of nitrogens with one attached hydrogen (secondary N) is 1. The lowest BCUT2D eigenvalue weighted by Crippen LogP contribution is -2.56. The maximum Gasteiger partial charge on any atom is 0.225 e. The number of rotatable bonds is 5. The minimum absolute atomic E-state index is 0.466. The van der Waals surface area contributed by atoms with E-state index in [-0.39, 0.29) is 0 Å². The summed E-state index contributed by atoms with van der Waals surface area (Å²) in [5, 5.41) is 3.60. The molecule has 1 aromatic heterocycles. The van der Waals surface area contributed by atoms with E-state index in [4.69, 9.17) is 0 Å². The van der Waals surface area contributed by atoms with Crippen LogP contribution >= 0.6 is 0 Å². The van der Waals surface area contributed by atoms with Gasteiger partial charge in [0.2, 0.25) is 5.95 Å². The molecule has 2 saturated heterocycles. The van der Waals surface area contributed by atoms with E-state index in [9.17, 15) is 0 Å². The van der Waals surface area contributed by atoms with Gasteiger partial charge >= 0.3 is 0 Å². The van der Waals surface area contributed by atoms with Gasteiger partial charge in [0.05, 0.1) is 0 Å². The average Bonchev–Trinajstić information content (AvgIpc) is 2.86. The molecule has 0 spiro atoms. The number of hydrogen-bond acceptors (Lipinski definition) is 6. The Bertz CT molecular complexity index is 812. The fourth-order valence-electron chi connectivity index (χ4n) is 4.33. The molecule has 4 rings (SSSR count). The zero-order chi connectivity index (χ0) is 21.5. The standard InChI is InChI=1S/C23H34N8/c1-20(28-11-13-29(14-12-28)21-7-4-3-5-8-21)19-27-22(24-2)30-15-17-31(18-16-30)23-25-9-6-10-26-23/h3-10,20H,11-19H2,1-2H3,(H,24,27). The van der Waals surface area contributed by atoms with E-state index >= 15 is 0 Å². The molecule has 1 N–H and O–H groups in total. The first kappa shape index (κ1) is 21.4. The van der Waals surface area contributed by atoms with Gasteiger partial charge in [0, 0.05) is 90.1 Å². The van der Waals surface area contributed by atoms with Gasteiger partial charge in [-0.15, -0.1) is 0 Å². The van der Waals surface area contributed by atoms with Crippen molar-refractivity contribution in [2.24, 2.45) is 4.99 Å². The Kier molecular flexibility index (Phi) is 7.19. The maximum absolute atomic E-state index is 4.53. The van der Waals surface area contributed by atoms with Crippen molar-refractivity contribution in [3.63, 3.8) is 0 Å². The van der Waals surface area contributed by atoms with E-state index in [0.717, 1.165) is 70.8 Å². The number of para-hydroxylation sites is 1. The number of hydrogen-bond donors (Lipinski definition) is 1. The van der Waals surface area contributed by atoms with Gasteiger partial charge in [-0.3, -0.25) is 9.89 Å². The van der Waals surface area contributed by atoms with Crippen molar-refractivity contribution in [1.29, 1.82) is 0 Å². The molecule has 31 heavy (non-hydrogen) atoms. The monoisotopic (exact) mass is 422 g/mol. The van der Waals surface area contributed by atoms with Crippen molar-refractivity contribution >= 4 is 17.6 Å². The lowest BCUT2D eigenvalue weighted by atomic mass is 10.2. The summed E-state index contributed by atoms with van der Waals surface area (Å²) >= 11 is 0. The van der Waals surface area contributed by atoms with Gasteiger partial charge in [-0.1, -0.05) is 18.2 Å². The van der Waals surface area contributed by atoms with E-state index in [2.05, 4.69) is 77.1 Å². The molecule has 8 heteroatoms. The van der Waals surface area contributed by atoms with Gasteiger partial charge in [-0.05, 0) is 25.1 Å². The van der Waals surface area contributed by atoms with Crippen molar-refractivity contribution in [2.75, 3.05) is 75.8 Å². The Labute approximate surface area is 185 Å². The van der Waals surface area contributed by atoms with Gasteiger partial charge in [0.25, 0.3) is 0 Å². The highest BCUT2D eigenvalue weighted by atomic mass is 15.4. The van der Waals surface area contributed by atoms with Gasteiger partial charge < -0.3 is 20.0 Å². The Morgan fingerprint density at radius 2 is 1.55 bits per heavy atom. The van der Waals surface area contributed by atoms with Crippen LogP contribution in [0.15, 0.2) is 53.8 Å². The molecule has 8 nitrogen and oxygen atoms in total. The Morgan fingerprint density at radius 1 is 0.903 bits per heavy atom. The first-order valence-corrected chi connectivity index (χ1v) is 11.3. The molecule has 0 aliphatic carbocycles. The average molecular weight is 423 g/mol. The van der Waals surface area contributed by atoms with E-state index in [0.29, 0.717) is 6.04 Å². The van der Waals surface area contributed by atoms with E-state index < -0.39 is 0 Å². The zero-order valence-corrected chi connectivity index (χ0v) is 18.7. The molecule has 0 bridgehead atoms. The second-order valence-electron chi connectivity index (χ2n) is 8.16. The number of benzene rings is 1. The molecular formula is C23H34N8. The Morgan fingerprint density at radius 3 is 2.19 bits per heavy atom. The largest absolute Gasteiger partial charge is 0.369 e. The molecular weight excluding hydrogens is 388 g/mol. The molecule has 166 valence electrons. The summed E-state index contributed by atoms with van der Waals surface area (Å²) in [6, 6.07) is 13.0. The van der Waals surface area contributed by atoms with Crippen molar-refractivity contribution < 1.29 is 0 Å². The Hall–Kier alpha value is -2.87. The van der Waals surface area contributed by atoms with E-state index in [1.807, 2.05) is 13.1 Å². The lowest BCUT2D eigenvalue weighted by Gasteiger charge is -2.40. The van der Waals surface area contributed by atoms with E-state index in [1.165, 1.54) is 5.69 Å². The highest BCUT2D eigenvalue weighted by Gasteiger charge is 2.24. The van der Waals surface area contributed by atoms with Crippen molar-refractivity contribution in [3.05, 3.63) is 48.8 Å². The molecule has 0 amide bonds. The van der Waals surface area contributed by atoms with Crippen LogP contribution < -0.4 is 15.1 Å². The number of anilines is 2. The molecule has 0 saturated carbocycles. The molecule has 3 heterocycles. The van der Waals surface area contributed by atoms with Crippen molar-refractivity contribution in [2.45, 2.75) is 13.0 Å². The van der Waals surface area contributed by atoms with Crippen LogP contribution in [-0.4, -0.2) is 97.7 Å². The number of piperazine rings is 2. The normalized spacial score (nSPS) is 19.4. The van der Waals surface area contributed by atoms with Gasteiger partial charge in [-0.2, -0.15) is 0 Å². The van der Waals surface area contributed by atoms with Crippen molar-refractivity contribution in [3.8, 4) is 0 Å². The highest BCUT2D eigenvalue weighted by molar-refractivity contribution is 5.80. The summed E-state index contributed by atoms with van der Waals surface area (Å²) in [5.41, 5.74) is 1.33. The van der Waals surface area contributed by atoms with Crippen LogP contribution in [0.5, 0.6) is 0 Å². The first-order chi connectivity index (χ1) is 15.2. The van der Waals surface area contributed by atoms with Crippen LogP contribution in [0.3, 0.4) is 0 Å². The number of aliphatic imine (C=N–C) groups is 1. The minimum atomic E-state index is 0.466. The summed E-state index contributed by atoms with van der Waals surface area (Å²) < 4.78 is 0. The lowest BCUT2D eigenvalue weighted by molar-refractivity contribution is 0.196. The number of nitrogens with zero attached hydrogens (tertiary/aromatic N) is 7. The summed E-state index contributed by atoms with van der Waals surface area (Å²) in [6.07, 6.45) is 3.60. The topological polar surface area (TPSA) is 63.1 Å². The molecule has 2 aliphatic heterocycles. The molecule has 1 atom stereocenters. The molecule has 2 fully saturated rings. The fourth-order valence-corrected chi connectivity index (χ4v) is 4.33. The zero-order valence-electron chi connectivity index (χ0n) is 18.7. The minimum Gasteiger partial charge on any atom is -0.369 e. The summed E-state index contributed by atoms with van der Waals surface area (Å²) in [5.74, 6) is 1.80. The van der Waals surface area contributed by atoms with E-state index in [1.54, 1.807) is 12.4 Å². The molecule has 1 aromatic carbocycles. The van der Waals surface area contributed by atoms with Crippen LogP contribution in [0.4, 0.5) is 11.6 Å². The quantitative estimate of drug-likeness (QED) is 0.577. The van der Waals surface area contributed by atoms with Crippen LogP contribution in [0.1, 0.15) is 6.92 Å². The predicted molar refractivity (Wildman–Crippen MR) is 127 cm³/mol. The molecule has 2 aromatic rings. The SMILES string of the molecule is CN=C(NCC(C)N1CCN(c2ccccc2)CC1)N1CCN(c2ncccn2)CC1. The van der Waals surface area contributed by atoms with Gasteiger partial charge in [0.1, 0.15) is 0 Å². The third-order valence-electron chi connectivity index (χ3n) is 6.24. The summed E-state index contributed by atoms with van der Waals surface area (Å²) in [6.45, 7) is 11.2. The maximum atomic E-state index is 4.53. The summed E-state index contributed by atoms with van der Waals surface area (Å²) in [4.78, 5) is 22.9. The molecule has 1 unspecified atom stereocenters. The van der Waals surface area contributed by atoms with Crippen LogP contribution in [0.25, 0.3) is 0 Å². The van der Waals surface area contributed by atoms with Crippen LogP contribution in [0.2, 0.25) is 0 Å². The third-order valence-corrected chi connectivity index (χ3v) is 6.24. The van der Waals surface area contributed by atoms with Crippen molar-refractivity contribution in [1.82, 2.24) is 25.1 Å². The molecule has 2 aliphatic rings. The first-order valence-electron chi connectivity index (χ1n) is 11.3.